The quantitative estimate of drug-likeness (QED) is 0.853. The van der Waals surface area contributed by atoms with Gasteiger partial charge in [-0.05, 0) is 35.4 Å². The van der Waals surface area contributed by atoms with Crippen molar-refractivity contribution in [2.45, 2.75) is 12.5 Å². The summed E-state index contributed by atoms with van der Waals surface area (Å²) in [5.41, 5.74) is 1.39. The van der Waals surface area contributed by atoms with Gasteiger partial charge in [-0.1, -0.05) is 18.2 Å². The predicted molar refractivity (Wildman–Crippen MR) is 88.3 cm³/mol. The fourth-order valence-electron chi connectivity index (χ4n) is 2.86. The molecule has 6 heteroatoms. The first-order valence-electron chi connectivity index (χ1n) is 8.04. The molecule has 1 aliphatic heterocycles. The van der Waals surface area contributed by atoms with Crippen molar-refractivity contribution in [1.82, 2.24) is 4.90 Å². The second-order valence-electron chi connectivity index (χ2n) is 5.90. The number of ether oxygens (including phenoxy) is 2. The molecule has 1 atom stereocenters. The molecule has 1 aliphatic rings. The smallest absolute Gasteiger partial charge is 0.227 e. The van der Waals surface area contributed by atoms with E-state index in [9.17, 15) is 13.6 Å². The second kappa shape index (κ2) is 7.61. The second-order valence-corrected chi connectivity index (χ2v) is 5.90. The van der Waals surface area contributed by atoms with Crippen LogP contribution in [0, 0.1) is 11.6 Å². The lowest BCUT2D eigenvalue weighted by atomic mass is 10.1. The maximum Gasteiger partial charge on any atom is 0.227 e. The van der Waals surface area contributed by atoms with E-state index in [-0.39, 0.29) is 12.3 Å². The minimum atomic E-state index is -0.916. The number of hydrogen-bond acceptors (Lipinski definition) is 3. The fourth-order valence-corrected chi connectivity index (χ4v) is 2.86. The van der Waals surface area contributed by atoms with Crippen molar-refractivity contribution < 1.29 is 23.0 Å². The number of hydrogen-bond donors (Lipinski definition) is 0. The molecule has 0 bridgehead atoms. The van der Waals surface area contributed by atoms with E-state index in [1.54, 1.807) is 12.0 Å². The Morgan fingerprint density at radius 2 is 2.08 bits per heavy atom. The number of nitrogens with zero attached hydrogens (tertiary/aromatic N) is 1. The highest BCUT2D eigenvalue weighted by atomic mass is 19.2. The van der Waals surface area contributed by atoms with Crippen LogP contribution in [-0.4, -0.2) is 37.6 Å². The van der Waals surface area contributed by atoms with Gasteiger partial charge in [-0.25, -0.2) is 8.78 Å². The summed E-state index contributed by atoms with van der Waals surface area (Å²) < 4.78 is 37.3. The summed E-state index contributed by atoms with van der Waals surface area (Å²) in [6.45, 7) is 1.14. The number of morpholine rings is 1. The first kappa shape index (κ1) is 17.4. The Bertz CT molecular complexity index is 766. The van der Waals surface area contributed by atoms with Crippen LogP contribution in [0.1, 0.15) is 17.2 Å². The van der Waals surface area contributed by atoms with Gasteiger partial charge < -0.3 is 14.4 Å². The van der Waals surface area contributed by atoms with Gasteiger partial charge in [0.05, 0.1) is 26.7 Å². The van der Waals surface area contributed by atoms with E-state index in [4.69, 9.17) is 9.47 Å². The summed E-state index contributed by atoms with van der Waals surface area (Å²) in [4.78, 5) is 14.2. The zero-order valence-corrected chi connectivity index (χ0v) is 13.9. The molecule has 3 rings (SSSR count). The van der Waals surface area contributed by atoms with Crippen LogP contribution in [0.4, 0.5) is 8.78 Å². The van der Waals surface area contributed by atoms with Crippen molar-refractivity contribution in [3.8, 4) is 5.75 Å². The molecule has 0 radical (unpaired) electrons. The predicted octanol–water partition coefficient (Wildman–Crippen LogP) is 3.12. The third kappa shape index (κ3) is 4.14. The van der Waals surface area contributed by atoms with E-state index < -0.39 is 17.7 Å². The van der Waals surface area contributed by atoms with Gasteiger partial charge in [0.1, 0.15) is 11.9 Å². The van der Waals surface area contributed by atoms with Gasteiger partial charge in [0.15, 0.2) is 11.6 Å². The van der Waals surface area contributed by atoms with Crippen LogP contribution in [0.5, 0.6) is 5.75 Å². The molecule has 0 spiro atoms. The molecule has 0 aromatic heterocycles. The minimum absolute atomic E-state index is 0.0378. The van der Waals surface area contributed by atoms with Gasteiger partial charge in [0, 0.05) is 6.54 Å². The summed E-state index contributed by atoms with van der Waals surface area (Å²) in [6, 6.07) is 11.0. The molecular formula is C19H19F2NO3. The van der Waals surface area contributed by atoms with E-state index in [1.807, 2.05) is 24.3 Å². The van der Waals surface area contributed by atoms with Crippen LogP contribution in [0.25, 0.3) is 0 Å². The lowest BCUT2D eigenvalue weighted by Gasteiger charge is -2.33. The largest absolute Gasteiger partial charge is 0.497 e. The maximum atomic E-state index is 13.4. The molecule has 2 aromatic rings. The zero-order chi connectivity index (χ0) is 17.8. The molecular weight excluding hydrogens is 328 g/mol. The molecule has 1 amide bonds. The third-order valence-electron chi connectivity index (χ3n) is 4.22. The van der Waals surface area contributed by atoms with Gasteiger partial charge in [0.25, 0.3) is 0 Å². The zero-order valence-electron chi connectivity index (χ0n) is 13.9. The van der Waals surface area contributed by atoms with Crippen LogP contribution >= 0.6 is 0 Å². The lowest BCUT2D eigenvalue weighted by molar-refractivity contribution is -0.138. The Labute approximate surface area is 145 Å². The topological polar surface area (TPSA) is 38.8 Å². The lowest BCUT2D eigenvalue weighted by Crippen LogP contribution is -2.43. The average molecular weight is 347 g/mol. The first-order valence-corrected chi connectivity index (χ1v) is 8.04. The standard InChI is InChI=1S/C19H19F2NO3/c1-24-15-4-2-3-13(9-15)10-19(23)22-7-8-25-18(12-22)14-5-6-16(20)17(21)11-14/h2-6,9,11,18H,7-8,10,12H2,1H3/t18-/m1/s1. The molecule has 0 aliphatic carbocycles. The van der Waals surface area contributed by atoms with Gasteiger partial charge in [-0.2, -0.15) is 0 Å². The van der Waals surface area contributed by atoms with Gasteiger partial charge in [-0.3, -0.25) is 4.79 Å². The fraction of sp³-hybridized carbons (Fsp3) is 0.316. The summed E-state index contributed by atoms with van der Waals surface area (Å²) in [5, 5.41) is 0. The number of halogens is 2. The number of methoxy groups -OCH3 is 1. The van der Waals surface area contributed by atoms with Gasteiger partial charge in [0.2, 0.25) is 5.91 Å². The summed E-state index contributed by atoms with van der Waals surface area (Å²) >= 11 is 0. The molecule has 25 heavy (non-hydrogen) atoms. The Morgan fingerprint density at radius 3 is 2.84 bits per heavy atom. The summed E-state index contributed by atoms with van der Waals surface area (Å²) in [6.07, 6.45) is -0.208. The van der Waals surface area contributed by atoms with Gasteiger partial charge >= 0.3 is 0 Å². The molecule has 0 saturated carbocycles. The van der Waals surface area contributed by atoms with Crippen molar-refractivity contribution in [2.24, 2.45) is 0 Å². The molecule has 132 valence electrons. The van der Waals surface area contributed by atoms with E-state index in [1.165, 1.54) is 6.07 Å². The van der Waals surface area contributed by atoms with Crippen LogP contribution in [0.2, 0.25) is 0 Å². The number of carbonyl (C=O) groups excluding carboxylic acids is 1. The molecule has 1 saturated heterocycles. The molecule has 1 heterocycles. The minimum Gasteiger partial charge on any atom is -0.497 e. The van der Waals surface area contributed by atoms with E-state index in [2.05, 4.69) is 0 Å². The highest BCUT2D eigenvalue weighted by Gasteiger charge is 2.26. The Hall–Kier alpha value is -2.47. The molecule has 4 nitrogen and oxygen atoms in total. The highest BCUT2D eigenvalue weighted by molar-refractivity contribution is 5.79. The highest BCUT2D eigenvalue weighted by Crippen LogP contribution is 2.24. The molecule has 1 fully saturated rings. The number of benzene rings is 2. The van der Waals surface area contributed by atoms with Gasteiger partial charge in [-0.15, -0.1) is 0 Å². The van der Waals surface area contributed by atoms with E-state index in [0.29, 0.717) is 31.0 Å². The third-order valence-corrected chi connectivity index (χ3v) is 4.22. The average Bonchev–Trinajstić information content (AvgIpc) is 2.64. The van der Waals surface area contributed by atoms with Crippen LogP contribution in [0.3, 0.4) is 0 Å². The molecule has 0 unspecified atom stereocenters. The maximum absolute atomic E-state index is 13.4. The SMILES string of the molecule is COc1cccc(CC(=O)N2CCO[C@@H](c3ccc(F)c(F)c3)C2)c1. The Balaban J connectivity index is 1.67. The normalized spacial score (nSPS) is 17.4. The van der Waals surface area contributed by atoms with Crippen LogP contribution in [0.15, 0.2) is 42.5 Å². The van der Waals surface area contributed by atoms with Crippen molar-refractivity contribution >= 4 is 5.91 Å². The first-order chi connectivity index (χ1) is 12.1. The number of carbonyl (C=O) groups is 1. The van der Waals surface area contributed by atoms with Crippen molar-refractivity contribution in [1.29, 1.82) is 0 Å². The molecule has 2 aromatic carbocycles. The summed E-state index contributed by atoms with van der Waals surface area (Å²) in [7, 11) is 1.58. The van der Waals surface area contributed by atoms with Crippen molar-refractivity contribution in [3.63, 3.8) is 0 Å². The number of rotatable bonds is 4. The van der Waals surface area contributed by atoms with Crippen molar-refractivity contribution in [2.75, 3.05) is 26.8 Å². The van der Waals surface area contributed by atoms with Crippen LogP contribution in [-0.2, 0) is 16.0 Å². The Morgan fingerprint density at radius 1 is 1.24 bits per heavy atom. The Kier molecular flexibility index (Phi) is 5.28. The van der Waals surface area contributed by atoms with Crippen molar-refractivity contribution in [3.05, 3.63) is 65.2 Å². The number of amides is 1. The molecule has 0 N–H and O–H groups in total. The van der Waals surface area contributed by atoms with E-state index >= 15 is 0 Å². The van der Waals surface area contributed by atoms with Crippen LogP contribution < -0.4 is 4.74 Å². The monoisotopic (exact) mass is 347 g/mol. The summed E-state index contributed by atoms with van der Waals surface area (Å²) in [5.74, 6) is -1.15. The van der Waals surface area contributed by atoms with E-state index in [0.717, 1.165) is 17.7 Å².